The van der Waals surface area contributed by atoms with Crippen LogP contribution in [0.3, 0.4) is 0 Å². The predicted octanol–water partition coefficient (Wildman–Crippen LogP) is -0.585. The monoisotopic (exact) mass is 1520 g/mol. The van der Waals surface area contributed by atoms with E-state index in [9.17, 15) is 82.3 Å². The van der Waals surface area contributed by atoms with Crippen molar-refractivity contribution in [3.8, 4) is 33.2 Å². The molecule has 35 nitrogen and oxygen atoms in total. The molecular weight excluding hydrogens is 1420 g/mol. The average molecular weight is 1520 g/mol. The number of hydrogen-bond donors (Lipinski definition) is 13. The first kappa shape index (κ1) is 80.0. The molecule has 5 aliphatic heterocycles. The quantitative estimate of drug-likeness (QED) is 0.0554. The number of piperidine rings is 2. The minimum atomic E-state index is -5.26. The number of rotatable bonds is 18. The van der Waals surface area contributed by atoms with Crippen LogP contribution in [0, 0.1) is 11.8 Å². The number of aromatic hydroxyl groups is 1. The Morgan fingerprint density at radius 1 is 0.726 bits per heavy atom. The van der Waals surface area contributed by atoms with Crippen molar-refractivity contribution in [3.05, 3.63) is 60.4 Å². The number of carbonyl (C=O) groups is 8. The molecule has 13 atom stereocenters. The summed E-state index contributed by atoms with van der Waals surface area (Å²) >= 11 is 1.38. The molecular formula is C69H96N14O21S2. The van der Waals surface area contributed by atoms with Crippen molar-refractivity contribution < 1.29 is 101 Å². The number of nitrogens with zero attached hydrogens (tertiary/aromatic N) is 9. The summed E-state index contributed by atoms with van der Waals surface area (Å²) in [5.74, 6) is -11.1. The molecule has 0 bridgehead atoms. The molecule has 2 aromatic carbocycles. The summed E-state index contributed by atoms with van der Waals surface area (Å²) in [4.78, 5) is 133. The number of aliphatic hydroxyl groups is 6. The first-order valence-corrected chi connectivity index (χ1v) is 37.9. The van der Waals surface area contributed by atoms with Gasteiger partial charge in [-0.15, -0.1) is 10.2 Å². The number of carbonyl (C=O) groups excluding carboxylic acids is 8. The molecule has 580 valence electrons. The lowest BCUT2D eigenvalue weighted by molar-refractivity contribution is -0.147. The number of hydrogen-bond acceptors (Lipinski definition) is 27. The number of aliphatic hydroxyl groups excluding tert-OH is 6. The van der Waals surface area contributed by atoms with Gasteiger partial charge in [-0.3, -0.25) is 43.0 Å². The summed E-state index contributed by atoms with van der Waals surface area (Å²) in [6.07, 6.45) is -2.34. The van der Waals surface area contributed by atoms with Gasteiger partial charge in [-0.25, -0.2) is 14.8 Å². The Kier molecular flexibility index (Phi) is 26.1. The van der Waals surface area contributed by atoms with Gasteiger partial charge in [0.2, 0.25) is 52.4 Å². The summed E-state index contributed by atoms with van der Waals surface area (Å²) in [7, 11) is -5.26. The molecule has 4 aromatic rings. The van der Waals surface area contributed by atoms with E-state index in [1.165, 1.54) is 37.5 Å². The lowest BCUT2D eigenvalue weighted by Gasteiger charge is -2.39. The summed E-state index contributed by atoms with van der Waals surface area (Å²) in [6.45, 7) is 7.73. The first-order valence-electron chi connectivity index (χ1n) is 35.7. The number of nitrogens with two attached hydrogens (primary N) is 1. The Labute approximate surface area is 616 Å². The van der Waals surface area contributed by atoms with Crippen LogP contribution < -0.4 is 41.0 Å². The van der Waals surface area contributed by atoms with E-state index in [2.05, 4.69) is 40.5 Å². The van der Waals surface area contributed by atoms with Gasteiger partial charge in [-0.05, 0) is 95.4 Å². The number of benzene rings is 2. The molecule has 37 heteroatoms. The van der Waals surface area contributed by atoms with E-state index < -0.39 is 199 Å². The van der Waals surface area contributed by atoms with Crippen LogP contribution in [0.2, 0.25) is 0 Å². The Hall–Kier alpha value is -8.53. The van der Waals surface area contributed by atoms with E-state index in [1.54, 1.807) is 20.8 Å². The Bertz CT molecular complexity index is 3890. The highest BCUT2D eigenvalue weighted by Crippen LogP contribution is 2.36. The maximum Gasteiger partial charge on any atom is 0.446 e. The Morgan fingerprint density at radius 2 is 1.35 bits per heavy atom. The molecule has 6 fully saturated rings. The third-order valence-corrected chi connectivity index (χ3v) is 21.4. The van der Waals surface area contributed by atoms with Crippen molar-refractivity contribution in [3.63, 3.8) is 0 Å². The summed E-state index contributed by atoms with van der Waals surface area (Å²) in [6, 6.07) is -1.40. The van der Waals surface area contributed by atoms with Crippen molar-refractivity contribution in [2.24, 2.45) is 17.6 Å². The normalized spacial score (nSPS) is 26.5. The van der Waals surface area contributed by atoms with Gasteiger partial charge in [0.1, 0.15) is 46.9 Å². The Morgan fingerprint density at radius 3 is 1.99 bits per heavy atom. The van der Waals surface area contributed by atoms with Crippen molar-refractivity contribution in [1.29, 1.82) is 0 Å². The lowest BCUT2D eigenvalue weighted by atomic mass is 9.95. The summed E-state index contributed by atoms with van der Waals surface area (Å²) in [5.41, 5.74) is 6.70. The highest BCUT2D eigenvalue weighted by Gasteiger charge is 2.51. The second kappa shape index (κ2) is 34.6. The zero-order valence-electron chi connectivity index (χ0n) is 59.6. The van der Waals surface area contributed by atoms with Crippen molar-refractivity contribution in [1.82, 2.24) is 56.1 Å². The number of phenolic OH excluding ortho intramolecular Hbond substituents is 1. The molecule has 6 aliphatic rings. The largest absolute Gasteiger partial charge is 0.504 e. The van der Waals surface area contributed by atoms with Gasteiger partial charge in [0, 0.05) is 101 Å². The topological polar surface area (TPSA) is 502 Å². The molecule has 0 unspecified atom stereocenters. The maximum atomic E-state index is 15.3. The highest BCUT2D eigenvalue weighted by molar-refractivity contribution is 7.81. The first-order chi connectivity index (χ1) is 50.2. The molecule has 1 saturated carbocycles. The van der Waals surface area contributed by atoms with Crippen LogP contribution >= 0.6 is 11.3 Å². The standard InChI is InChI=1S/C69H96N14O21S2/c1-36-33-83-57(58(36)91)62(95)71-32-43(85)27-48(60(93)74-54(37(2)84)64(96)81-35-44(86)28-47(81)59(92)75-55(61(94)76-56(65(83)97)51(89)29-53(70)90)50(88)25-39-11-16-49(87)52(26-39)104-106(99,100)101)82(68(98)103-69(3,4)5)34-38-17-21-80(22-18-38)67-78-77-63(105-67)41-14-12-40(13-15-41)42-30-72-66(73-31-42)79-23-19-46(20-24-79)102-45-9-7-6-8-10-45/h11-16,26,30-31,36-38,43-48,50-51,54-58,84-89,91H,6-10,17-25,27-29,32-35H2,1-5H3,(H2,70,90)(H,71,95)(H,74,93)(H,75,92)(H,76,94)(H,99,100,101)/t36-,37+,43+,44+,47-,48-,50+,51+,54-,55-,56-,57-,58-/m0/s1. The van der Waals surface area contributed by atoms with Crippen molar-refractivity contribution >= 4 is 80.3 Å². The smallest absolute Gasteiger partial charge is 0.446 e. The second-order valence-electron chi connectivity index (χ2n) is 29.4. The molecule has 14 N–H and O–H groups in total. The van der Waals surface area contributed by atoms with Gasteiger partial charge < -0.3 is 96.0 Å². The zero-order chi connectivity index (χ0) is 76.6. The molecule has 0 radical (unpaired) electrons. The Balaban J connectivity index is 0.888. The van der Waals surface area contributed by atoms with Crippen molar-refractivity contribution in [2.75, 3.05) is 62.2 Å². The minimum absolute atomic E-state index is 0.139. The molecule has 0 spiro atoms. The van der Waals surface area contributed by atoms with E-state index in [0.29, 0.717) is 48.1 Å². The van der Waals surface area contributed by atoms with Crippen LogP contribution in [0.1, 0.15) is 117 Å². The van der Waals surface area contributed by atoms with Crippen LogP contribution in [-0.2, 0) is 59.9 Å². The van der Waals surface area contributed by atoms with E-state index >= 15 is 4.79 Å². The number of primary amides is 1. The number of amides is 8. The minimum Gasteiger partial charge on any atom is -0.504 e. The molecule has 5 saturated heterocycles. The number of aromatic nitrogens is 4. The van der Waals surface area contributed by atoms with Crippen LogP contribution in [0.25, 0.3) is 21.7 Å². The van der Waals surface area contributed by atoms with Crippen LogP contribution in [0.5, 0.6) is 11.5 Å². The lowest BCUT2D eigenvalue weighted by Crippen LogP contribution is -2.64. The number of β-amino-alcohol motifs (C(OH)–C–C–N with tert-alkyl or cyclic N) is 1. The second-order valence-corrected chi connectivity index (χ2v) is 31.3. The van der Waals surface area contributed by atoms with Crippen LogP contribution in [0.15, 0.2) is 54.9 Å². The van der Waals surface area contributed by atoms with Gasteiger partial charge in [0.05, 0.1) is 55.3 Å². The number of anilines is 2. The van der Waals surface area contributed by atoms with Gasteiger partial charge in [0.15, 0.2) is 11.5 Å². The number of phenols is 1. The van der Waals surface area contributed by atoms with E-state index in [1.807, 2.05) is 41.6 Å². The predicted molar refractivity (Wildman–Crippen MR) is 379 cm³/mol. The number of fused-ring (bicyclic) bond motifs is 2. The number of nitrogens with one attached hydrogen (secondary N) is 4. The maximum absolute atomic E-state index is 15.3. The highest BCUT2D eigenvalue weighted by atomic mass is 32.3. The number of ether oxygens (including phenoxy) is 2. The van der Waals surface area contributed by atoms with Gasteiger partial charge in [0.25, 0.3) is 0 Å². The van der Waals surface area contributed by atoms with Gasteiger partial charge >= 0.3 is 16.5 Å². The summed E-state index contributed by atoms with van der Waals surface area (Å²) in [5, 5.41) is 99.8. The molecule has 10 rings (SSSR count). The van der Waals surface area contributed by atoms with Gasteiger partial charge in [-0.1, -0.05) is 67.9 Å². The molecule has 8 amide bonds. The van der Waals surface area contributed by atoms with Crippen molar-refractivity contribution in [2.45, 2.75) is 209 Å². The average Bonchev–Trinajstić information content (AvgIpc) is 1.60. The fourth-order valence-corrected chi connectivity index (χ4v) is 15.7. The zero-order valence-corrected chi connectivity index (χ0v) is 61.2. The van der Waals surface area contributed by atoms with Gasteiger partial charge in [-0.2, -0.15) is 8.42 Å². The fourth-order valence-electron chi connectivity index (χ4n) is 14.4. The molecule has 106 heavy (non-hydrogen) atoms. The third-order valence-electron chi connectivity index (χ3n) is 20.0. The summed E-state index contributed by atoms with van der Waals surface area (Å²) < 4.78 is 49.5. The van der Waals surface area contributed by atoms with E-state index in [-0.39, 0.29) is 24.1 Å². The van der Waals surface area contributed by atoms with Crippen LogP contribution in [-0.4, -0.2) is 274 Å². The molecule has 2 aromatic heterocycles. The third kappa shape index (κ3) is 20.4. The fraction of sp³-hybridized carbons (Fsp3) is 0.623. The van der Waals surface area contributed by atoms with E-state index in [0.717, 1.165) is 95.3 Å². The SMILES string of the molecule is C[C@@H](O)[C@@H]1NC(=O)[C@@H](N(CC2CCN(c3nnc(-c4ccc(-c5cnc(N6CCC(OC7CCCCC7)CC6)nc5)cc4)s3)CC2)C(=O)OC(C)(C)C)C[C@@H](O)CNC(=O)[C@@H]2[C@@H](O)[C@@H](C)CN2C(=O)[C@H]([C@H](O)CC(N)=O)NC(=O)[C@H]([C@H](O)Cc2ccc(O)c(OS(=O)(=O)O)c2)NC(=O)[C@@H]2C[C@@H](O)CN2C1=O. The van der Waals surface area contributed by atoms with E-state index in [4.69, 9.17) is 25.2 Å². The molecule has 7 heterocycles. The van der Waals surface area contributed by atoms with Crippen LogP contribution in [0.4, 0.5) is 15.9 Å². The molecule has 1 aliphatic carbocycles.